The number of rotatable bonds is 3. The maximum atomic E-state index is 11.4. The zero-order valence-electron chi connectivity index (χ0n) is 12.4. The molecule has 116 valence electrons. The van der Waals surface area contributed by atoms with E-state index in [-0.39, 0.29) is 18.4 Å². The summed E-state index contributed by atoms with van der Waals surface area (Å²) in [4.78, 5) is 13.9. The number of carbonyl (C=O) groups excluding carboxylic acids is 1. The number of halogens is 1. The zero-order chi connectivity index (χ0) is 13.9. The van der Waals surface area contributed by atoms with Crippen LogP contribution in [0.15, 0.2) is 24.3 Å². The molecule has 0 radical (unpaired) electrons. The normalized spacial score (nSPS) is 25.0. The van der Waals surface area contributed by atoms with E-state index in [1.54, 1.807) is 0 Å². The highest BCUT2D eigenvalue weighted by Crippen LogP contribution is 2.21. The molecule has 1 N–H and O–H groups in total. The molecule has 0 aliphatic carbocycles. The summed E-state index contributed by atoms with van der Waals surface area (Å²) in [6.07, 6.45) is 3.89. The Morgan fingerprint density at radius 3 is 2.67 bits per heavy atom. The Balaban J connectivity index is 0.00000161. The highest BCUT2D eigenvalue weighted by atomic mass is 35.5. The molecule has 2 atom stereocenters. The van der Waals surface area contributed by atoms with Gasteiger partial charge in [0.2, 0.25) is 0 Å². The predicted octanol–water partition coefficient (Wildman–Crippen LogP) is 2.22. The number of likely N-dealkylation sites (tertiary alicyclic amines) is 1. The fourth-order valence-corrected chi connectivity index (χ4v) is 3.28. The summed E-state index contributed by atoms with van der Waals surface area (Å²) in [7, 11) is 1.41. The summed E-state index contributed by atoms with van der Waals surface area (Å²) in [5, 5.41) is 3.70. The van der Waals surface area contributed by atoms with Gasteiger partial charge in [0, 0.05) is 31.7 Å². The van der Waals surface area contributed by atoms with Crippen LogP contribution in [-0.2, 0) is 11.3 Å². The van der Waals surface area contributed by atoms with E-state index in [9.17, 15) is 4.79 Å². The van der Waals surface area contributed by atoms with E-state index in [2.05, 4.69) is 10.2 Å². The lowest BCUT2D eigenvalue weighted by molar-refractivity contribution is 0.0600. The minimum absolute atomic E-state index is 0. The van der Waals surface area contributed by atoms with Crippen molar-refractivity contribution >= 4 is 18.4 Å². The fraction of sp³-hybridized carbons (Fsp3) is 0.562. The van der Waals surface area contributed by atoms with Gasteiger partial charge in [0.15, 0.2) is 0 Å². The number of hydrogen-bond acceptors (Lipinski definition) is 4. The van der Waals surface area contributed by atoms with E-state index < -0.39 is 0 Å². The Labute approximate surface area is 132 Å². The number of nitrogens with one attached hydrogen (secondary N) is 1. The summed E-state index contributed by atoms with van der Waals surface area (Å²) >= 11 is 0. The summed E-state index contributed by atoms with van der Waals surface area (Å²) in [6, 6.07) is 9.15. The van der Waals surface area contributed by atoms with Gasteiger partial charge in [-0.1, -0.05) is 12.1 Å². The number of fused-ring (bicyclic) bond motifs is 2. The van der Waals surface area contributed by atoms with Gasteiger partial charge in [-0.15, -0.1) is 12.4 Å². The third-order valence-electron chi connectivity index (χ3n) is 4.39. The van der Waals surface area contributed by atoms with Crippen LogP contribution < -0.4 is 5.32 Å². The van der Waals surface area contributed by atoms with Gasteiger partial charge in [-0.3, -0.25) is 4.90 Å². The molecule has 2 unspecified atom stereocenters. The van der Waals surface area contributed by atoms with Crippen molar-refractivity contribution in [1.82, 2.24) is 10.2 Å². The molecule has 3 rings (SSSR count). The van der Waals surface area contributed by atoms with Gasteiger partial charge >= 0.3 is 5.97 Å². The van der Waals surface area contributed by atoms with Gasteiger partial charge in [0.1, 0.15) is 0 Å². The molecule has 2 bridgehead atoms. The molecule has 2 aliphatic rings. The van der Waals surface area contributed by atoms with Gasteiger partial charge in [-0.25, -0.2) is 4.79 Å². The second-order valence-corrected chi connectivity index (χ2v) is 5.85. The van der Waals surface area contributed by atoms with Gasteiger partial charge in [-0.05, 0) is 37.0 Å². The molecule has 5 heteroatoms. The van der Waals surface area contributed by atoms with Gasteiger partial charge in [0.25, 0.3) is 0 Å². The lowest BCUT2D eigenvalue weighted by atomic mass is 10.1. The monoisotopic (exact) mass is 310 g/mol. The second-order valence-electron chi connectivity index (χ2n) is 5.85. The molecule has 4 nitrogen and oxygen atoms in total. The van der Waals surface area contributed by atoms with E-state index in [1.807, 2.05) is 24.3 Å². The van der Waals surface area contributed by atoms with E-state index in [4.69, 9.17) is 4.74 Å². The first-order valence-corrected chi connectivity index (χ1v) is 7.40. The van der Waals surface area contributed by atoms with E-state index in [0.717, 1.165) is 25.7 Å². The molecule has 21 heavy (non-hydrogen) atoms. The van der Waals surface area contributed by atoms with Crippen LogP contribution in [0.3, 0.4) is 0 Å². The first-order valence-electron chi connectivity index (χ1n) is 7.40. The van der Waals surface area contributed by atoms with Crippen LogP contribution in [-0.4, -0.2) is 43.2 Å². The van der Waals surface area contributed by atoms with Crippen molar-refractivity contribution in [2.24, 2.45) is 0 Å². The fourth-order valence-electron chi connectivity index (χ4n) is 3.28. The maximum absolute atomic E-state index is 11.4. The van der Waals surface area contributed by atoms with Crippen molar-refractivity contribution in [2.45, 2.75) is 37.9 Å². The van der Waals surface area contributed by atoms with Gasteiger partial charge < -0.3 is 10.1 Å². The highest BCUT2D eigenvalue weighted by molar-refractivity contribution is 5.89. The molecule has 0 aromatic heterocycles. The molecule has 1 aromatic carbocycles. The molecule has 0 spiro atoms. The minimum atomic E-state index is -0.271. The van der Waals surface area contributed by atoms with Crippen molar-refractivity contribution in [3.8, 4) is 0 Å². The van der Waals surface area contributed by atoms with Gasteiger partial charge in [-0.2, -0.15) is 0 Å². The van der Waals surface area contributed by atoms with E-state index >= 15 is 0 Å². The predicted molar refractivity (Wildman–Crippen MR) is 84.9 cm³/mol. The van der Waals surface area contributed by atoms with Crippen molar-refractivity contribution in [3.05, 3.63) is 35.4 Å². The Bertz CT molecular complexity index is 478. The van der Waals surface area contributed by atoms with Crippen LogP contribution in [0.25, 0.3) is 0 Å². The van der Waals surface area contributed by atoms with Crippen LogP contribution in [0.5, 0.6) is 0 Å². The molecular weight excluding hydrogens is 288 g/mol. The van der Waals surface area contributed by atoms with Crippen molar-refractivity contribution in [2.75, 3.05) is 20.2 Å². The second kappa shape index (κ2) is 7.25. The molecule has 2 heterocycles. The lowest BCUT2D eigenvalue weighted by Crippen LogP contribution is -2.34. The number of ether oxygens (including phenoxy) is 1. The molecule has 2 aliphatic heterocycles. The number of benzene rings is 1. The third-order valence-corrected chi connectivity index (χ3v) is 4.39. The first kappa shape index (κ1) is 16.3. The lowest BCUT2D eigenvalue weighted by Gasteiger charge is -2.24. The summed E-state index contributed by atoms with van der Waals surface area (Å²) in [6.45, 7) is 3.26. The smallest absolute Gasteiger partial charge is 0.337 e. The summed E-state index contributed by atoms with van der Waals surface area (Å²) in [5.41, 5.74) is 1.88. The number of methoxy groups -OCH3 is 1. The Hall–Kier alpha value is -1.10. The van der Waals surface area contributed by atoms with Crippen LogP contribution in [0.1, 0.15) is 35.2 Å². The maximum Gasteiger partial charge on any atom is 0.337 e. The largest absolute Gasteiger partial charge is 0.465 e. The zero-order valence-corrected chi connectivity index (χ0v) is 13.2. The average molecular weight is 311 g/mol. The van der Waals surface area contributed by atoms with E-state index in [1.165, 1.54) is 31.9 Å². The number of nitrogens with zero attached hydrogens (tertiary/aromatic N) is 1. The Kier molecular flexibility index (Phi) is 5.62. The molecule has 0 amide bonds. The molecule has 1 aromatic rings. The Morgan fingerprint density at radius 1 is 1.24 bits per heavy atom. The van der Waals surface area contributed by atoms with Crippen molar-refractivity contribution in [3.63, 3.8) is 0 Å². The summed E-state index contributed by atoms with van der Waals surface area (Å²) < 4.78 is 4.72. The van der Waals surface area contributed by atoms with Crippen molar-refractivity contribution < 1.29 is 9.53 Å². The SMILES string of the molecule is COC(=O)c1ccc(CN2CCC3CCC(C2)N3)cc1.Cl. The highest BCUT2D eigenvalue weighted by Gasteiger charge is 2.28. The minimum Gasteiger partial charge on any atom is -0.465 e. The first-order chi connectivity index (χ1) is 9.74. The molecule has 0 saturated carbocycles. The average Bonchev–Trinajstić information content (AvgIpc) is 2.81. The number of esters is 1. The van der Waals surface area contributed by atoms with Crippen LogP contribution in [0, 0.1) is 0 Å². The Morgan fingerprint density at radius 2 is 1.95 bits per heavy atom. The van der Waals surface area contributed by atoms with Gasteiger partial charge in [0.05, 0.1) is 12.7 Å². The quantitative estimate of drug-likeness (QED) is 0.869. The number of carbonyl (C=O) groups is 1. The van der Waals surface area contributed by atoms with Crippen LogP contribution >= 0.6 is 12.4 Å². The van der Waals surface area contributed by atoms with Crippen LogP contribution in [0.4, 0.5) is 0 Å². The molecule has 2 fully saturated rings. The van der Waals surface area contributed by atoms with Crippen molar-refractivity contribution in [1.29, 1.82) is 0 Å². The standard InChI is InChI=1S/C16H22N2O2.ClH/c1-20-16(19)13-4-2-12(3-5-13)10-18-9-8-14-6-7-15(11-18)17-14;/h2-5,14-15,17H,6-11H2,1H3;1H. The number of hydrogen-bond donors (Lipinski definition) is 1. The molecule has 2 saturated heterocycles. The van der Waals surface area contributed by atoms with E-state index in [0.29, 0.717) is 11.6 Å². The summed E-state index contributed by atoms with van der Waals surface area (Å²) in [5.74, 6) is -0.271. The van der Waals surface area contributed by atoms with Crippen LogP contribution in [0.2, 0.25) is 0 Å². The topological polar surface area (TPSA) is 41.6 Å². The molecular formula is C16H23ClN2O2. The third kappa shape index (κ3) is 3.96.